The molecule has 0 spiro atoms. The molecule has 0 aliphatic rings. The van der Waals surface area contributed by atoms with Crippen LogP contribution in [0.4, 0.5) is 0 Å². The van der Waals surface area contributed by atoms with Crippen LogP contribution in [0.25, 0.3) is 0 Å². The number of carbonyl (C=O) groups excluding carboxylic acids is 2. The normalized spacial score (nSPS) is 11.6. The lowest BCUT2D eigenvalue weighted by molar-refractivity contribution is -0.128. The van der Waals surface area contributed by atoms with E-state index >= 15 is 0 Å². The van der Waals surface area contributed by atoms with Crippen molar-refractivity contribution in [3.8, 4) is 0 Å². The summed E-state index contributed by atoms with van der Waals surface area (Å²) >= 11 is 1.88. The maximum absolute atomic E-state index is 12.9. The number of nitroso groups, excluding NO2 is 2. The van der Waals surface area contributed by atoms with Crippen molar-refractivity contribution in [1.29, 1.82) is 0 Å². The van der Waals surface area contributed by atoms with Gasteiger partial charge < -0.3 is 32.2 Å². The van der Waals surface area contributed by atoms with Gasteiger partial charge in [0.05, 0.1) is 27.2 Å². The van der Waals surface area contributed by atoms with Crippen LogP contribution in [0, 0.1) is 9.81 Å². The Balaban J connectivity index is 0.000000455. The first-order valence-corrected chi connectivity index (χ1v) is 30.2. The van der Waals surface area contributed by atoms with Crippen molar-refractivity contribution in [3.63, 3.8) is 0 Å². The molecule has 0 saturated heterocycles. The van der Waals surface area contributed by atoms with Gasteiger partial charge in [0.15, 0.2) is 0 Å². The van der Waals surface area contributed by atoms with E-state index in [-0.39, 0.29) is 36.2 Å². The highest BCUT2D eigenvalue weighted by Crippen LogP contribution is 2.57. The van der Waals surface area contributed by atoms with E-state index in [4.69, 9.17) is 13.0 Å². The fourth-order valence-corrected chi connectivity index (χ4v) is 17.9. The number of hydrogen-bond acceptors (Lipinski definition) is 11. The van der Waals surface area contributed by atoms with E-state index in [1.54, 1.807) is 13.8 Å². The molecule has 1 unspecified atom stereocenters. The van der Waals surface area contributed by atoms with Crippen LogP contribution in [-0.4, -0.2) is 66.5 Å². The molecule has 2 amide bonds. The molecule has 6 aromatic rings. The Kier molecular flexibility index (Phi) is 28.6. The SMILES string of the molecule is C.CC(=O)NC(C(=O)NCCCCC[P+](c1ccccc1)(c1ccccc1)c1ccccc1)C(C)(C)SN=O.CS(=O)(=O)[O-].O=NSCCCC[P+](c1ccccc1)(c1ccccc1)c1ccccc1.[Br-]. The van der Waals surface area contributed by atoms with Crippen LogP contribution in [0.2, 0.25) is 0 Å². The van der Waals surface area contributed by atoms with Crippen molar-refractivity contribution in [2.45, 2.75) is 71.1 Å². The van der Waals surface area contributed by atoms with Crippen molar-refractivity contribution >= 4 is 92.2 Å². The Morgan fingerprint density at radius 1 is 0.577 bits per heavy atom. The summed E-state index contributed by atoms with van der Waals surface area (Å²) in [6.07, 6.45) is 7.59. The van der Waals surface area contributed by atoms with Crippen LogP contribution in [0.1, 0.15) is 60.3 Å². The quantitative estimate of drug-likeness (QED) is 0.0227. The third-order valence-electron chi connectivity index (χ3n) is 11.3. The topological polar surface area (TPSA) is 174 Å². The Morgan fingerprint density at radius 2 is 0.887 bits per heavy atom. The molecule has 0 aromatic heterocycles. The second-order valence-electron chi connectivity index (χ2n) is 16.7. The van der Waals surface area contributed by atoms with Crippen molar-refractivity contribution in [2.24, 2.45) is 9.16 Å². The lowest BCUT2D eigenvalue weighted by Gasteiger charge is -2.30. The molecule has 0 heterocycles. The van der Waals surface area contributed by atoms with Gasteiger partial charge in [-0.1, -0.05) is 117 Å². The molecule has 1 atom stereocenters. The minimum atomic E-state index is -3.92. The summed E-state index contributed by atoms with van der Waals surface area (Å²) in [4.78, 5) is 45.7. The van der Waals surface area contributed by atoms with Gasteiger partial charge in [0, 0.05) is 58.5 Å². The zero-order valence-electron chi connectivity index (χ0n) is 40.0. The Labute approximate surface area is 442 Å². The van der Waals surface area contributed by atoms with Gasteiger partial charge in [-0.05, 0) is 119 Å². The zero-order chi connectivity index (χ0) is 50.0. The van der Waals surface area contributed by atoms with Crippen molar-refractivity contribution in [3.05, 3.63) is 192 Å². The molecule has 0 aliphatic heterocycles. The van der Waals surface area contributed by atoms with Crippen LogP contribution in [0.5, 0.6) is 0 Å². The van der Waals surface area contributed by atoms with E-state index in [0.717, 1.165) is 74.1 Å². The molecule has 380 valence electrons. The number of unbranched alkanes of at least 4 members (excludes halogenated alkanes) is 3. The molecule has 0 bridgehead atoms. The third-order valence-corrected chi connectivity index (χ3v) is 21.7. The Hall–Kier alpha value is -4.59. The standard InChI is InChI=1S/C30H36N3O3PS.C22H23NOPS.CH4O3S.CH4.BrH/c1-24(34)32-28(30(2,3)38-33-36)29(35)31-22-14-7-15-23-37(25-16-8-4-9-17-25,26-18-10-5-11-19-26)27-20-12-6-13-21-27;24-23-26-19-11-10-18-25(20-12-4-1-5-13-20,21-14-6-2-7-15-21)22-16-8-3-9-17-22;1-5(2,3)4;;/h4-6,8-13,16-21,28H,7,14-15,22-23H2,1-3H3,(H-,31,32,34,35);1-9,12-17H,10-11,18-19H2;1H3,(H,2,3,4);1H4;1H/q;+1;;;/p-1. The van der Waals surface area contributed by atoms with E-state index < -0.39 is 35.4 Å². The summed E-state index contributed by atoms with van der Waals surface area (Å²) in [5.41, 5.74) is 0. The highest BCUT2D eigenvalue weighted by molar-refractivity contribution is 7.99. The number of benzene rings is 6. The van der Waals surface area contributed by atoms with Gasteiger partial charge in [-0.25, -0.2) is 8.42 Å². The lowest BCUT2D eigenvalue weighted by atomic mass is 10.0. The van der Waals surface area contributed by atoms with Crippen molar-refractivity contribution in [2.75, 3.05) is 30.9 Å². The molecule has 17 heteroatoms. The smallest absolute Gasteiger partial charge is 0.244 e. The number of halogens is 1. The van der Waals surface area contributed by atoms with Gasteiger partial charge in [0.25, 0.3) is 0 Å². The van der Waals surface area contributed by atoms with E-state index in [2.05, 4.69) is 202 Å². The van der Waals surface area contributed by atoms with E-state index in [1.807, 2.05) is 0 Å². The second kappa shape index (κ2) is 32.5. The highest BCUT2D eigenvalue weighted by Gasteiger charge is 2.46. The molecule has 11 nitrogen and oxygen atoms in total. The largest absolute Gasteiger partial charge is 1.00 e. The lowest BCUT2D eigenvalue weighted by Crippen LogP contribution is -3.00. The first-order valence-electron chi connectivity index (χ1n) is 22.7. The molecule has 2 N–H and O–H groups in total. The number of rotatable bonds is 23. The molecule has 0 fully saturated rings. The van der Waals surface area contributed by atoms with Crippen LogP contribution < -0.4 is 59.4 Å². The van der Waals surface area contributed by atoms with Crippen LogP contribution >= 0.6 is 38.4 Å². The molecule has 6 aromatic carbocycles. The predicted octanol–water partition coefficient (Wildman–Crippen LogP) is 6.94. The van der Waals surface area contributed by atoms with Crippen molar-refractivity contribution < 1.29 is 39.5 Å². The first kappa shape index (κ1) is 62.5. The van der Waals surface area contributed by atoms with E-state index in [1.165, 1.54) is 38.8 Å². The monoisotopic (exact) mass is 1120 g/mol. The maximum atomic E-state index is 12.9. The number of nitrogens with zero attached hydrogens (tertiary/aromatic N) is 2. The summed E-state index contributed by atoms with van der Waals surface area (Å²) in [7, 11) is -7.50. The molecule has 0 saturated carbocycles. The fourth-order valence-electron chi connectivity index (χ4n) is 8.19. The van der Waals surface area contributed by atoms with Gasteiger partial charge in [0.2, 0.25) is 11.8 Å². The number of carbonyl (C=O) groups is 2. The third kappa shape index (κ3) is 19.7. The first-order chi connectivity index (χ1) is 33.2. The van der Waals surface area contributed by atoms with E-state index in [9.17, 15) is 19.4 Å². The van der Waals surface area contributed by atoms with Crippen molar-refractivity contribution in [1.82, 2.24) is 10.6 Å². The van der Waals surface area contributed by atoms with Gasteiger partial charge in [-0.3, -0.25) is 9.59 Å². The second-order valence-corrected chi connectivity index (χ2v) is 27.5. The van der Waals surface area contributed by atoms with Crippen LogP contribution in [0.15, 0.2) is 191 Å². The zero-order valence-corrected chi connectivity index (χ0v) is 45.8. The van der Waals surface area contributed by atoms with Gasteiger partial charge in [-0.2, -0.15) is 0 Å². The number of hydrogen-bond donors (Lipinski definition) is 2. The predicted molar refractivity (Wildman–Crippen MR) is 302 cm³/mol. The van der Waals surface area contributed by atoms with E-state index in [0.29, 0.717) is 12.8 Å². The molecule has 0 aliphatic carbocycles. The number of amides is 2. The Morgan fingerprint density at radius 3 is 1.17 bits per heavy atom. The summed E-state index contributed by atoms with van der Waals surface area (Å²) in [6.45, 7) is 5.30. The average molecular weight is 1120 g/mol. The molecule has 71 heavy (non-hydrogen) atoms. The summed E-state index contributed by atoms with van der Waals surface area (Å²) in [5, 5.41) is 14.0. The van der Waals surface area contributed by atoms with Gasteiger partial charge >= 0.3 is 0 Å². The van der Waals surface area contributed by atoms with Crippen LogP contribution in [0.3, 0.4) is 0 Å². The number of nitrogens with one attached hydrogen (secondary N) is 2. The summed E-state index contributed by atoms with van der Waals surface area (Å²) in [6, 6.07) is 64.3. The minimum absolute atomic E-state index is 0. The van der Waals surface area contributed by atoms with Crippen LogP contribution in [-0.2, 0) is 19.7 Å². The summed E-state index contributed by atoms with van der Waals surface area (Å²) in [5.74, 6) is 0.163. The van der Waals surface area contributed by atoms with Gasteiger partial charge in [-0.15, -0.1) is 9.81 Å². The molecular weight excluding hydrogens is 1050 g/mol. The molecule has 6 rings (SSSR count). The molecular formula is C54H67BrN4O7P2S3. The summed E-state index contributed by atoms with van der Waals surface area (Å²) < 4.78 is 32.2. The molecule has 0 radical (unpaired) electrons. The Bertz CT molecular complexity index is 2360. The van der Waals surface area contributed by atoms with Gasteiger partial charge in [0.1, 0.15) is 52.4 Å². The highest BCUT2D eigenvalue weighted by atomic mass is 79.9. The maximum Gasteiger partial charge on any atom is 0.244 e. The minimum Gasteiger partial charge on any atom is -1.00 e. The fraction of sp³-hybridized carbons (Fsp3) is 0.296. The average Bonchev–Trinajstić information content (AvgIpc) is 3.35.